The predicted octanol–water partition coefficient (Wildman–Crippen LogP) is 2.58. The summed E-state index contributed by atoms with van der Waals surface area (Å²) in [5, 5.41) is 9.29. The number of hydrogen-bond acceptors (Lipinski definition) is 1. The zero-order valence-corrected chi connectivity index (χ0v) is 9.40. The van der Waals surface area contributed by atoms with Crippen molar-refractivity contribution >= 4 is 5.52 Å². The third-order valence-corrected chi connectivity index (χ3v) is 2.51. The van der Waals surface area contributed by atoms with Crippen molar-refractivity contribution in [3.8, 4) is 11.8 Å². The lowest BCUT2D eigenvalue weighted by Crippen LogP contribution is -1.90. The highest BCUT2D eigenvalue weighted by molar-refractivity contribution is 5.57. The lowest BCUT2D eigenvalue weighted by atomic mass is 10.2. The summed E-state index contributed by atoms with van der Waals surface area (Å²) in [7, 11) is 0. The molecule has 2 nitrogen and oxygen atoms in total. The van der Waals surface area contributed by atoms with Gasteiger partial charge in [0.15, 0.2) is 0 Å². The molecule has 0 spiro atoms. The zero-order valence-electron chi connectivity index (χ0n) is 9.40. The largest absolute Gasteiger partial charge is 0.392 e. The minimum Gasteiger partial charge on any atom is -0.392 e. The van der Waals surface area contributed by atoms with Crippen molar-refractivity contribution in [3.63, 3.8) is 0 Å². The van der Waals surface area contributed by atoms with Gasteiger partial charge in [0.25, 0.3) is 0 Å². The number of aromatic nitrogens is 1. The standard InChI is InChI=1S/C14H15NO/c1-2-3-4-8-14-12(11-16)10-13-7-5-6-9-15(13)14/h5-7,9-10,16H,2-3,11H2,1H3. The van der Waals surface area contributed by atoms with Crippen molar-refractivity contribution in [2.24, 2.45) is 0 Å². The van der Waals surface area contributed by atoms with Crippen LogP contribution < -0.4 is 0 Å². The van der Waals surface area contributed by atoms with Gasteiger partial charge in [-0.2, -0.15) is 0 Å². The molecule has 0 unspecified atom stereocenters. The molecule has 0 amide bonds. The van der Waals surface area contributed by atoms with Gasteiger partial charge in [-0.3, -0.25) is 0 Å². The van der Waals surface area contributed by atoms with Gasteiger partial charge >= 0.3 is 0 Å². The highest BCUT2D eigenvalue weighted by atomic mass is 16.3. The van der Waals surface area contributed by atoms with Crippen LogP contribution in [0.25, 0.3) is 5.52 Å². The second kappa shape index (κ2) is 4.87. The molecule has 0 aliphatic carbocycles. The monoisotopic (exact) mass is 213 g/mol. The van der Waals surface area contributed by atoms with E-state index >= 15 is 0 Å². The predicted molar refractivity (Wildman–Crippen MR) is 65.1 cm³/mol. The van der Waals surface area contributed by atoms with Crippen LogP contribution in [0, 0.1) is 11.8 Å². The summed E-state index contributed by atoms with van der Waals surface area (Å²) < 4.78 is 2.02. The molecule has 0 fully saturated rings. The Morgan fingerprint density at radius 1 is 1.38 bits per heavy atom. The van der Waals surface area contributed by atoms with E-state index in [9.17, 15) is 5.11 Å². The smallest absolute Gasteiger partial charge is 0.102 e. The maximum atomic E-state index is 9.29. The van der Waals surface area contributed by atoms with Gasteiger partial charge in [0.05, 0.1) is 6.61 Å². The summed E-state index contributed by atoms with van der Waals surface area (Å²) in [6, 6.07) is 7.96. The van der Waals surface area contributed by atoms with Gasteiger partial charge in [-0.15, -0.1) is 0 Å². The van der Waals surface area contributed by atoms with Gasteiger partial charge in [-0.05, 0) is 30.5 Å². The van der Waals surface area contributed by atoms with Gasteiger partial charge in [0.1, 0.15) is 5.69 Å². The molecule has 2 heterocycles. The normalized spacial score (nSPS) is 10.1. The Hall–Kier alpha value is -1.72. The van der Waals surface area contributed by atoms with E-state index in [2.05, 4.69) is 18.8 Å². The maximum absolute atomic E-state index is 9.29. The lowest BCUT2D eigenvalue weighted by molar-refractivity contribution is 0.281. The van der Waals surface area contributed by atoms with Gasteiger partial charge in [0.2, 0.25) is 0 Å². The van der Waals surface area contributed by atoms with E-state index < -0.39 is 0 Å². The van der Waals surface area contributed by atoms with Crippen LogP contribution in [0.15, 0.2) is 30.5 Å². The number of rotatable bonds is 2. The summed E-state index contributed by atoms with van der Waals surface area (Å²) in [5.74, 6) is 6.26. The molecule has 0 saturated carbocycles. The summed E-state index contributed by atoms with van der Waals surface area (Å²) >= 11 is 0. The minimum atomic E-state index is 0.0395. The highest BCUT2D eigenvalue weighted by Crippen LogP contribution is 2.15. The maximum Gasteiger partial charge on any atom is 0.102 e. The molecule has 2 heteroatoms. The van der Waals surface area contributed by atoms with E-state index in [0.29, 0.717) is 0 Å². The van der Waals surface area contributed by atoms with Gasteiger partial charge < -0.3 is 9.51 Å². The summed E-state index contributed by atoms with van der Waals surface area (Å²) in [4.78, 5) is 0. The van der Waals surface area contributed by atoms with Crippen LogP contribution in [0.2, 0.25) is 0 Å². The van der Waals surface area contributed by atoms with E-state index in [0.717, 1.165) is 29.6 Å². The Labute approximate surface area is 95.5 Å². The molecular formula is C14H15NO. The fourth-order valence-corrected chi connectivity index (χ4v) is 1.71. The fraction of sp³-hybridized carbons (Fsp3) is 0.286. The van der Waals surface area contributed by atoms with Crippen molar-refractivity contribution in [1.82, 2.24) is 4.40 Å². The van der Waals surface area contributed by atoms with E-state index in [1.165, 1.54) is 0 Å². The number of fused-ring (bicyclic) bond motifs is 1. The SMILES string of the molecule is CCCC#Cc1c(CO)cc2ccccn12. The molecule has 1 N–H and O–H groups in total. The van der Waals surface area contributed by atoms with E-state index in [1.54, 1.807) is 0 Å². The number of unbranched alkanes of at least 4 members (excludes halogenated alkanes) is 1. The quantitative estimate of drug-likeness (QED) is 0.762. The van der Waals surface area contributed by atoms with Crippen molar-refractivity contribution < 1.29 is 5.11 Å². The van der Waals surface area contributed by atoms with Crippen molar-refractivity contribution in [2.75, 3.05) is 0 Å². The average Bonchev–Trinajstić information content (AvgIpc) is 2.68. The Bertz CT molecular complexity index is 543. The van der Waals surface area contributed by atoms with E-state index in [-0.39, 0.29) is 6.61 Å². The molecule has 0 aromatic carbocycles. The van der Waals surface area contributed by atoms with Crippen LogP contribution in [0.3, 0.4) is 0 Å². The second-order valence-corrected chi connectivity index (χ2v) is 3.72. The van der Waals surface area contributed by atoms with Crippen molar-refractivity contribution in [3.05, 3.63) is 41.7 Å². The van der Waals surface area contributed by atoms with Crippen LogP contribution in [0.1, 0.15) is 31.0 Å². The first kappa shape index (κ1) is 10.8. The Balaban J connectivity index is 2.53. The molecule has 2 aromatic rings. The molecule has 16 heavy (non-hydrogen) atoms. The second-order valence-electron chi connectivity index (χ2n) is 3.72. The van der Waals surface area contributed by atoms with Gasteiger partial charge in [-0.1, -0.05) is 18.9 Å². The molecule has 0 aliphatic rings. The van der Waals surface area contributed by atoms with E-state index in [1.807, 2.05) is 34.9 Å². The first-order valence-electron chi connectivity index (χ1n) is 5.55. The molecule has 2 rings (SSSR count). The number of aliphatic hydroxyl groups is 1. The third kappa shape index (κ3) is 1.95. The summed E-state index contributed by atoms with van der Waals surface area (Å²) in [5.41, 5.74) is 2.88. The summed E-state index contributed by atoms with van der Waals surface area (Å²) in [6.45, 7) is 2.15. The van der Waals surface area contributed by atoms with Crippen LogP contribution in [-0.4, -0.2) is 9.51 Å². The first-order valence-corrected chi connectivity index (χ1v) is 5.55. The molecule has 0 bridgehead atoms. The average molecular weight is 213 g/mol. The highest BCUT2D eigenvalue weighted by Gasteiger charge is 2.05. The van der Waals surface area contributed by atoms with Crippen LogP contribution in [0.5, 0.6) is 0 Å². The molecular weight excluding hydrogens is 198 g/mol. The van der Waals surface area contributed by atoms with Crippen molar-refractivity contribution in [1.29, 1.82) is 0 Å². The van der Waals surface area contributed by atoms with Gasteiger partial charge in [0, 0.05) is 23.7 Å². The number of pyridine rings is 1. The first-order chi connectivity index (χ1) is 7.86. The van der Waals surface area contributed by atoms with Crippen molar-refractivity contribution in [2.45, 2.75) is 26.4 Å². The Morgan fingerprint density at radius 3 is 3.00 bits per heavy atom. The van der Waals surface area contributed by atoms with Crippen LogP contribution >= 0.6 is 0 Å². The Kier molecular flexibility index (Phi) is 3.28. The molecule has 82 valence electrons. The molecule has 0 saturated heterocycles. The number of aliphatic hydroxyl groups excluding tert-OH is 1. The molecule has 2 aromatic heterocycles. The van der Waals surface area contributed by atoms with Gasteiger partial charge in [-0.25, -0.2) is 0 Å². The lowest BCUT2D eigenvalue weighted by Gasteiger charge is -1.96. The van der Waals surface area contributed by atoms with E-state index in [4.69, 9.17) is 0 Å². The fourth-order valence-electron chi connectivity index (χ4n) is 1.71. The number of nitrogens with zero attached hydrogens (tertiary/aromatic N) is 1. The van der Waals surface area contributed by atoms with Crippen LogP contribution in [-0.2, 0) is 6.61 Å². The van der Waals surface area contributed by atoms with Crippen LogP contribution in [0.4, 0.5) is 0 Å². The minimum absolute atomic E-state index is 0.0395. The Morgan fingerprint density at radius 2 is 2.25 bits per heavy atom. The zero-order chi connectivity index (χ0) is 11.4. The molecule has 0 aliphatic heterocycles. The summed E-state index contributed by atoms with van der Waals surface area (Å²) in [6.07, 6.45) is 3.93. The molecule has 0 atom stereocenters. The topological polar surface area (TPSA) is 24.6 Å². The number of hydrogen-bond donors (Lipinski definition) is 1. The third-order valence-electron chi connectivity index (χ3n) is 2.51. The molecule has 0 radical (unpaired) electrons.